The number of hydrogen-bond donors (Lipinski definition) is 2. The zero-order valence-electron chi connectivity index (χ0n) is 16.7. The van der Waals surface area contributed by atoms with Gasteiger partial charge in [-0.25, -0.2) is 8.42 Å². The molecule has 0 radical (unpaired) electrons. The normalized spacial score (nSPS) is 14.9. The van der Waals surface area contributed by atoms with E-state index >= 15 is 0 Å². The van der Waals surface area contributed by atoms with E-state index < -0.39 is 10.0 Å². The standard InChI is InChI=1S/C21H18Cl2N4O3S2/c1-26(13-14-8-9-15(22)11-17(14)23)21(28)16-5-2-3-6-18(16)25-32(29,30)20-7-4-10-27-19(20)12-24-31-27/h2-12,24-25H,13H2,1H3. The third-order valence-electron chi connectivity index (χ3n) is 4.77. The number of sulfonamides is 1. The molecule has 11 heteroatoms. The molecule has 1 amide bonds. The van der Waals surface area contributed by atoms with Gasteiger partial charge in [-0.3, -0.25) is 13.8 Å². The second kappa shape index (κ2) is 9.11. The smallest absolute Gasteiger partial charge is 0.264 e. The number of anilines is 1. The van der Waals surface area contributed by atoms with Crippen LogP contribution in [-0.4, -0.2) is 30.6 Å². The van der Waals surface area contributed by atoms with E-state index in [0.29, 0.717) is 15.7 Å². The van der Waals surface area contributed by atoms with Crippen molar-refractivity contribution in [2.24, 2.45) is 0 Å². The average molecular weight is 509 g/mol. The van der Waals surface area contributed by atoms with Crippen molar-refractivity contribution in [1.29, 1.82) is 0 Å². The quantitative estimate of drug-likeness (QED) is 0.549. The maximum Gasteiger partial charge on any atom is 0.264 e. The van der Waals surface area contributed by atoms with Gasteiger partial charge in [0.15, 0.2) is 0 Å². The molecule has 2 heterocycles. The first-order valence-electron chi connectivity index (χ1n) is 9.38. The lowest BCUT2D eigenvalue weighted by molar-refractivity contribution is 0.0786. The van der Waals surface area contributed by atoms with Crippen molar-refractivity contribution in [3.05, 3.63) is 98.8 Å². The van der Waals surface area contributed by atoms with Crippen LogP contribution in [0.4, 0.5) is 5.69 Å². The summed E-state index contributed by atoms with van der Waals surface area (Å²) in [6.07, 6.45) is 6.52. The van der Waals surface area contributed by atoms with Crippen LogP contribution >= 0.6 is 35.3 Å². The number of fused-ring (bicyclic) bond motifs is 1. The highest BCUT2D eigenvalue weighted by Gasteiger charge is 2.30. The number of carbonyl (C=O) groups is 1. The van der Waals surface area contributed by atoms with Gasteiger partial charge in [-0.15, -0.1) is 0 Å². The molecule has 32 heavy (non-hydrogen) atoms. The topological polar surface area (TPSA) is 81.8 Å². The van der Waals surface area contributed by atoms with Gasteiger partial charge in [-0.1, -0.05) is 41.4 Å². The number of amides is 1. The molecule has 0 saturated heterocycles. The summed E-state index contributed by atoms with van der Waals surface area (Å²) >= 11 is 13.4. The van der Waals surface area contributed by atoms with Gasteiger partial charge in [0.05, 0.1) is 29.1 Å². The molecule has 0 bridgehead atoms. The van der Waals surface area contributed by atoms with E-state index in [-0.39, 0.29) is 28.6 Å². The zero-order chi connectivity index (χ0) is 22.9. The SMILES string of the molecule is CN(Cc1ccc(Cl)cc1Cl)C(=O)c1ccccc1NS(=O)(=O)C1=CC=CN2SNC=C12. The highest BCUT2D eigenvalue weighted by atomic mass is 35.5. The Morgan fingerprint density at radius 2 is 2.00 bits per heavy atom. The Bertz CT molecular complexity index is 1280. The highest BCUT2D eigenvalue weighted by Crippen LogP contribution is 2.34. The van der Waals surface area contributed by atoms with E-state index in [1.54, 1.807) is 72.3 Å². The third kappa shape index (κ3) is 4.61. The van der Waals surface area contributed by atoms with Crippen molar-refractivity contribution in [3.63, 3.8) is 0 Å². The van der Waals surface area contributed by atoms with Crippen LogP contribution in [0.5, 0.6) is 0 Å². The second-order valence-electron chi connectivity index (χ2n) is 6.98. The Morgan fingerprint density at radius 3 is 2.78 bits per heavy atom. The molecule has 2 N–H and O–H groups in total. The molecule has 0 fully saturated rings. The monoisotopic (exact) mass is 508 g/mol. The minimum Gasteiger partial charge on any atom is -0.337 e. The predicted octanol–water partition coefficient (Wildman–Crippen LogP) is 4.73. The molecule has 0 aromatic heterocycles. The van der Waals surface area contributed by atoms with E-state index in [9.17, 15) is 13.2 Å². The van der Waals surface area contributed by atoms with Gasteiger partial charge in [-0.2, -0.15) is 0 Å². The molecule has 4 rings (SSSR count). The van der Waals surface area contributed by atoms with Crippen LogP contribution in [0.1, 0.15) is 15.9 Å². The van der Waals surface area contributed by atoms with Gasteiger partial charge < -0.3 is 9.62 Å². The summed E-state index contributed by atoms with van der Waals surface area (Å²) < 4.78 is 33.5. The Hall–Kier alpha value is -2.59. The summed E-state index contributed by atoms with van der Waals surface area (Å²) in [5.74, 6) is -0.356. The van der Waals surface area contributed by atoms with Crippen LogP contribution < -0.4 is 9.44 Å². The summed E-state index contributed by atoms with van der Waals surface area (Å²) in [4.78, 5) is 14.7. The number of rotatable bonds is 6. The Labute approximate surface area is 200 Å². The lowest BCUT2D eigenvalue weighted by Crippen LogP contribution is -2.28. The molecular formula is C21H18Cl2N4O3S2. The minimum absolute atomic E-state index is 0.0982. The first kappa shape index (κ1) is 22.6. The Kier molecular flexibility index (Phi) is 6.43. The number of allylic oxidation sites excluding steroid dienone is 2. The molecule has 0 spiro atoms. The van der Waals surface area contributed by atoms with Crippen LogP contribution in [-0.2, 0) is 16.6 Å². The largest absolute Gasteiger partial charge is 0.337 e. The van der Waals surface area contributed by atoms with Gasteiger partial charge >= 0.3 is 0 Å². The fourth-order valence-electron chi connectivity index (χ4n) is 3.20. The number of halogens is 2. The number of nitrogens with one attached hydrogen (secondary N) is 2. The average Bonchev–Trinajstić information content (AvgIpc) is 3.24. The molecular weight excluding hydrogens is 491 g/mol. The molecule has 2 aliphatic heterocycles. The number of para-hydroxylation sites is 1. The summed E-state index contributed by atoms with van der Waals surface area (Å²) in [6, 6.07) is 11.5. The molecule has 0 saturated carbocycles. The summed E-state index contributed by atoms with van der Waals surface area (Å²) in [5, 5.41) is 0.952. The maximum absolute atomic E-state index is 13.2. The lowest BCUT2D eigenvalue weighted by atomic mass is 10.1. The highest BCUT2D eigenvalue weighted by molar-refractivity contribution is 7.97. The van der Waals surface area contributed by atoms with Crippen LogP contribution in [0, 0.1) is 0 Å². The number of benzene rings is 2. The van der Waals surface area contributed by atoms with Crippen LogP contribution in [0.25, 0.3) is 0 Å². The zero-order valence-corrected chi connectivity index (χ0v) is 19.9. The van der Waals surface area contributed by atoms with E-state index in [4.69, 9.17) is 23.2 Å². The fraction of sp³-hybridized carbons (Fsp3) is 0.0952. The van der Waals surface area contributed by atoms with Gasteiger partial charge in [-0.05, 0) is 42.0 Å². The number of nitrogens with zero attached hydrogens (tertiary/aromatic N) is 2. The van der Waals surface area contributed by atoms with Gasteiger partial charge in [0.1, 0.15) is 4.91 Å². The lowest BCUT2D eigenvalue weighted by Gasteiger charge is -2.22. The van der Waals surface area contributed by atoms with E-state index in [2.05, 4.69) is 9.44 Å². The predicted molar refractivity (Wildman–Crippen MR) is 129 cm³/mol. The molecule has 166 valence electrons. The molecule has 2 aliphatic rings. The van der Waals surface area contributed by atoms with Crippen LogP contribution in [0.15, 0.2) is 77.6 Å². The van der Waals surface area contributed by atoms with Gasteiger partial charge in [0, 0.05) is 36.0 Å². The Balaban J connectivity index is 1.58. The molecule has 7 nitrogen and oxygen atoms in total. The molecule has 2 aromatic carbocycles. The second-order valence-corrected chi connectivity index (χ2v) is 10.3. The number of hydrogen-bond acceptors (Lipinski definition) is 6. The van der Waals surface area contributed by atoms with Gasteiger partial charge in [0.2, 0.25) is 0 Å². The minimum atomic E-state index is -3.95. The number of carbonyl (C=O) groups excluding carboxylic acids is 1. The van der Waals surface area contributed by atoms with E-state index in [0.717, 1.165) is 5.56 Å². The van der Waals surface area contributed by atoms with E-state index in [1.165, 1.54) is 23.1 Å². The van der Waals surface area contributed by atoms with E-state index in [1.807, 2.05) is 0 Å². The Morgan fingerprint density at radius 1 is 1.22 bits per heavy atom. The first-order chi connectivity index (χ1) is 15.3. The van der Waals surface area contributed by atoms with Gasteiger partial charge in [0.25, 0.3) is 15.9 Å². The van der Waals surface area contributed by atoms with Crippen molar-refractivity contribution < 1.29 is 13.2 Å². The molecule has 0 atom stereocenters. The third-order valence-corrected chi connectivity index (χ3v) is 7.50. The maximum atomic E-state index is 13.2. The molecule has 2 aromatic rings. The van der Waals surface area contributed by atoms with Crippen LogP contribution in [0.3, 0.4) is 0 Å². The first-order valence-corrected chi connectivity index (χ1v) is 12.4. The molecule has 0 unspecified atom stereocenters. The van der Waals surface area contributed by atoms with Crippen molar-refractivity contribution in [2.75, 3.05) is 11.8 Å². The van der Waals surface area contributed by atoms with Crippen LogP contribution in [0.2, 0.25) is 10.0 Å². The fourth-order valence-corrected chi connectivity index (χ4v) is 5.66. The van der Waals surface area contributed by atoms with Crippen molar-refractivity contribution >= 4 is 57.0 Å². The summed E-state index contributed by atoms with van der Waals surface area (Å²) in [5.41, 5.74) is 1.64. The van der Waals surface area contributed by atoms with Crippen molar-refractivity contribution in [1.82, 2.24) is 13.9 Å². The summed E-state index contributed by atoms with van der Waals surface area (Å²) in [6.45, 7) is 0.233. The summed E-state index contributed by atoms with van der Waals surface area (Å²) in [7, 11) is -2.33. The molecule has 0 aliphatic carbocycles. The van der Waals surface area contributed by atoms with Crippen molar-refractivity contribution in [3.8, 4) is 0 Å². The van der Waals surface area contributed by atoms with Crippen molar-refractivity contribution in [2.45, 2.75) is 6.54 Å².